The highest BCUT2D eigenvalue weighted by molar-refractivity contribution is 7.14. The van der Waals surface area contributed by atoms with E-state index in [1.807, 2.05) is 19.1 Å². The first-order valence-electron chi connectivity index (χ1n) is 5.80. The van der Waals surface area contributed by atoms with Gasteiger partial charge in [0.05, 0.1) is 29.1 Å². The molecule has 0 fully saturated rings. The van der Waals surface area contributed by atoms with Crippen molar-refractivity contribution in [1.82, 2.24) is 5.32 Å². The van der Waals surface area contributed by atoms with Crippen LogP contribution in [0.2, 0.25) is 0 Å². The average molecular weight is 274 g/mol. The molecule has 5 heteroatoms. The molecule has 98 valence electrons. The molecule has 4 nitrogen and oxygen atoms in total. The first kappa shape index (κ1) is 13.4. The number of aryl methyl sites for hydroxylation is 1. The molecule has 0 atom stereocenters. The summed E-state index contributed by atoms with van der Waals surface area (Å²) < 4.78 is 5.15. The van der Waals surface area contributed by atoms with E-state index in [9.17, 15) is 4.79 Å². The summed E-state index contributed by atoms with van der Waals surface area (Å²) in [7, 11) is 0. The molecule has 0 unspecified atom stereocenters. The summed E-state index contributed by atoms with van der Waals surface area (Å²) in [6.07, 6.45) is 1.58. The summed E-state index contributed by atoms with van der Waals surface area (Å²) >= 11 is 1.37. The summed E-state index contributed by atoms with van der Waals surface area (Å²) in [6, 6.07) is 5.44. The van der Waals surface area contributed by atoms with Gasteiger partial charge in [-0.3, -0.25) is 4.79 Å². The van der Waals surface area contributed by atoms with Crippen molar-refractivity contribution in [2.24, 2.45) is 5.73 Å². The van der Waals surface area contributed by atoms with Crippen LogP contribution in [0.3, 0.4) is 0 Å². The zero-order valence-electron chi connectivity index (χ0n) is 10.5. The third-order valence-corrected chi connectivity index (χ3v) is 3.60. The van der Waals surface area contributed by atoms with E-state index in [0.29, 0.717) is 18.0 Å². The Kier molecular flexibility index (Phi) is 4.39. The Labute approximate surface area is 115 Å². The second-order valence-corrected chi connectivity index (χ2v) is 4.94. The van der Waals surface area contributed by atoms with E-state index in [1.54, 1.807) is 12.3 Å². The first-order valence-corrected chi connectivity index (χ1v) is 6.62. The molecule has 0 aliphatic rings. The van der Waals surface area contributed by atoms with Crippen molar-refractivity contribution in [3.63, 3.8) is 0 Å². The van der Waals surface area contributed by atoms with Gasteiger partial charge < -0.3 is 15.5 Å². The number of hydrogen-bond acceptors (Lipinski definition) is 4. The second kappa shape index (κ2) is 6.23. The monoisotopic (exact) mass is 274 g/mol. The fourth-order valence-corrected chi connectivity index (χ4v) is 2.48. The third kappa shape index (κ3) is 3.47. The highest BCUT2D eigenvalue weighted by Crippen LogP contribution is 2.20. The summed E-state index contributed by atoms with van der Waals surface area (Å²) in [4.78, 5) is 13.5. The van der Waals surface area contributed by atoms with E-state index in [-0.39, 0.29) is 5.91 Å². The van der Waals surface area contributed by atoms with Gasteiger partial charge in [-0.2, -0.15) is 0 Å². The molecule has 2 heterocycles. The molecule has 0 bridgehead atoms. The van der Waals surface area contributed by atoms with Gasteiger partial charge in [0.2, 0.25) is 0 Å². The summed E-state index contributed by atoms with van der Waals surface area (Å²) in [5.74, 6) is 6.36. The normalized spacial score (nSPS) is 9.79. The lowest BCUT2D eigenvalue weighted by molar-refractivity contribution is 0.0952. The van der Waals surface area contributed by atoms with Crippen LogP contribution in [0.25, 0.3) is 0 Å². The number of rotatable bonds is 3. The Morgan fingerprint density at radius 1 is 1.58 bits per heavy atom. The molecule has 2 aromatic heterocycles. The van der Waals surface area contributed by atoms with Gasteiger partial charge in [-0.05, 0) is 30.7 Å². The summed E-state index contributed by atoms with van der Waals surface area (Å²) in [5.41, 5.74) is 6.33. The van der Waals surface area contributed by atoms with Crippen LogP contribution in [-0.4, -0.2) is 12.5 Å². The molecule has 1 amide bonds. The second-order valence-electron chi connectivity index (χ2n) is 3.89. The van der Waals surface area contributed by atoms with Crippen molar-refractivity contribution in [3.8, 4) is 11.8 Å². The highest BCUT2D eigenvalue weighted by atomic mass is 32.1. The Morgan fingerprint density at radius 3 is 3.11 bits per heavy atom. The number of carbonyl (C=O) groups is 1. The number of thiophene rings is 1. The zero-order chi connectivity index (χ0) is 13.7. The predicted molar refractivity (Wildman–Crippen MR) is 74.9 cm³/mol. The van der Waals surface area contributed by atoms with Crippen molar-refractivity contribution < 1.29 is 9.21 Å². The lowest BCUT2D eigenvalue weighted by Gasteiger charge is -1.99. The van der Waals surface area contributed by atoms with Crippen molar-refractivity contribution in [1.29, 1.82) is 0 Å². The van der Waals surface area contributed by atoms with E-state index in [0.717, 1.165) is 16.2 Å². The van der Waals surface area contributed by atoms with Crippen LogP contribution in [0.5, 0.6) is 0 Å². The molecule has 0 aliphatic heterocycles. The molecule has 0 saturated carbocycles. The Balaban J connectivity index is 2.03. The highest BCUT2D eigenvalue weighted by Gasteiger charge is 2.11. The van der Waals surface area contributed by atoms with Gasteiger partial charge >= 0.3 is 0 Å². The summed E-state index contributed by atoms with van der Waals surface area (Å²) in [5, 5.41) is 2.80. The van der Waals surface area contributed by atoms with E-state index in [4.69, 9.17) is 10.2 Å². The van der Waals surface area contributed by atoms with Gasteiger partial charge in [0.1, 0.15) is 5.76 Å². The van der Waals surface area contributed by atoms with Crippen LogP contribution < -0.4 is 11.1 Å². The molecule has 19 heavy (non-hydrogen) atoms. The van der Waals surface area contributed by atoms with Gasteiger partial charge in [-0.1, -0.05) is 11.8 Å². The maximum atomic E-state index is 12.0. The molecule has 0 saturated heterocycles. The number of nitrogens with one attached hydrogen (secondary N) is 1. The van der Waals surface area contributed by atoms with Gasteiger partial charge in [-0.25, -0.2) is 0 Å². The van der Waals surface area contributed by atoms with E-state index < -0.39 is 0 Å². The Morgan fingerprint density at radius 2 is 2.42 bits per heavy atom. The topological polar surface area (TPSA) is 68.3 Å². The van der Waals surface area contributed by atoms with Crippen molar-refractivity contribution in [2.75, 3.05) is 6.54 Å². The fourth-order valence-electron chi connectivity index (χ4n) is 1.52. The van der Waals surface area contributed by atoms with E-state index in [1.165, 1.54) is 11.3 Å². The predicted octanol–water partition coefficient (Wildman–Crippen LogP) is 1.89. The van der Waals surface area contributed by atoms with Crippen molar-refractivity contribution in [3.05, 3.63) is 45.5 Å². The fraction of sp³-hybridized carbons (Fsp3) is 0.214. The summed E-state index contributed by atoms with van der Waals surface area (Å²) in [6.45, 7) is 2.63. The Bertz CT molecular complexity index is 618. The van der Waals surface area contributed by atoms with Gasteiger partial charge in [0.15, 0.2) is 0 Å². The standard InChI is InChI=1S/C14H14N2O2S/c1-10-8-13(19-12(10)5-2-6-15)14(17)16-9-11-4-3-7-18-11/h3-4,7-8H,6,9,15H2,1H3,(H,16,17). The lowest BCUT2D eigenvalue weighted by atomic mass is 10.2. The third-order valence-electron chi connectivity index (χ3n) is 2.45. The van der Waals surface area contributed by atoms with Crippen LogP contribution in [0.1, 0.15) is 25.9 Å². The average Bonchev–Trinajstić information content (AvgIpc) is 3.03. The SMILES string of the molecule is Cc1cc(C(=O)NCc2ccco2)sc1C#CCN. The van der Waals surface area contributed by atoms with Crippen LogP contribution in [0.15, 0.2) is 28.9 Å². The minimum Gasteiger partial charge on any atom is -0.467 e. The van der Waals surface area contributed by atoms with Crippen LogP contribution in [-0.2, 0) is 6.54 Å². The first-order chi connectivity index (χ1) is 9.20. The maximum absolute atomic E-state index is 12.0. The minimum atomic E-state index is -0.120. The smallest absolute Gasteiger partial charge is 0.261 e. The lowest BCUT2D eigenvalue weighted by Crippen LogP contribution is -2.21. The van der Waals surface area contributed by atoms with Gasteiger partial charge in [0, 0.05) is 0 Å². The van der Waals surface area contributed by atoms with Gasteiger partial charge in [-0.15, -0.1) is 11.3 Å². The van der Waals surface area contributed by atoms with Crippen molar-refractivity contribution >= 4 is 17.2 Å². The maximum Gasteiger partial charge on any atom is 0.261 e. The molecule has 0 aromatic carbocycles. The molecular formula is C14H14N2O2S. The number of amides is 1. The molecule has 0 radical (unpaired) electrons. The molecule has 0 spiro atoms. The molecular weight excluding hydrogens is 260 g/mol. The van der Waals surface area contributed by atoms with Gasteiger partial charge in [0.25, 0.3) is 5.91 Å². The van der Waals surface area contributed by atoms with Crippen LogP contribution in [0, 0.1) is 18.8 Å². The minimum absolute atomic E-state index is 0.120. The quantitative estimate of drug-likeness (QED) is 0.840. The number of carbonyl (C=O) groups excluding carboxylic acids is 1. The van der Waals surface area contributed by atoms with Crippen molar-refractivity contribution in [2.45, 2.75) is 13.5 Å². The Hall–Kier alpha value is -2.03. The number of furan rings is 1. The number of nitrogens with two attached hydrogens (primary N) is 1. The number of hydrogen-bond donors (Lipinski definition) is 2. The largest absolute Gasteiger partial charge is 0.467 e. The molecule has 3 N–H and O–H groups in total. The molecule has 2 aromatic rings. The molecule has 0 aliphatic carbocycles. The van der Waals surface area contributed by atoms with Crippen LogP contribution in [0.4, 0.5) is 0 Å². The molecule has 2 rings (SSSR count). The zero-order valence-corrected chi connectivity index (χ0v) is 11.3. The van der Waals surface area contributed by atoms with E-state index in [2.05, 4.69) is 17.2 Å². The van der Waals surface area contributed by atoms with E-state index >= 15 is 0 Å². The van der Waals surface area contributed by atoms with Crippen LogP contribution >= 0.6 is 11.3 Å².